The van der Waals surface area contributed by atoms with E-state index in [1.807, 2.05) is 12.2 Å². The number of carbonyl (C=O) groups is 1. The minimum Gasteiger partial charge on any atom is -0.394 e. The molecule has 236 valence electrons. The van der Waals surface area contributed by atoms with Crippen LogP contribution in [0.1, 0.15) is 155 Å². The standard InChI is InChI=1S/C34H65NO5/c1-3-5-7-9-11-12-13-14-15-18-21-25-31(37)30(29-36)35-34(40)28-24-20-16-19-23-27-33(39)32(38)26-22-17-10-8-6-4-2/h17,21-22,25,30-33,36-39H,3-16,18-20,23-24,26-29H2,1-2H3,(H,35,40)/b22-17-,25-21+/t30-,31+,32-,33-/m0/s1. The Balaban J connectivity index is 3.83. The van der Waals surface area contributed by atoms with Crippen molar-refractivity contribution in [3.8, 4) is 0 Å². The van der Waals surface area contributed by atoms with E-state index in [1.165, 1.54) is 70.6 Å². The minimum absolute atomic E-state index is 0.147. The van der Waals surface area contributed by atoms with Crippen LogP contribution in [0.25, 0.3) is 0 Å². The Kier molecular flexibility index (Phi) is 28.4. The minimum atomic E-state index is -0.883. The Labute approximate surface area is 246 Å². The number of aliphatic hydroxyl groups excluding tert-OH is 4. The topological polar surface area (TPSA) is 110 Å². The van der Waals surface area contributed by atoms with Crippen molar-refractivity contribution in [3.63, 3.8) is 0 Å². The molecule has 0 aromatic heterocycles. The first-order chi connectivity index (χ1) is 19.5. The molecule has 4 atom stereocenters. The van der Waals surface area contributed by atoms with E-state index >= 15 is 0 Å². The van der Waals surface area contributed by atoms with Crippen LogP contribution in [0.3, 0.4) is 0 Å². The van der Waals surface area contributed by atoms with Crippen molar-refractivity contribution in [2.45, 2.75) is 179 Å². The molecule has 0 aliphatic rings. The number of aliphatic hydroxyl groups is 4. The van der Waals surface area contributed by atoms with Gasteiger partial charge in [0.25, 0.3) is 0 Å². The van der Waals surface area contributed by atoms with Crippen LogP contribution < -0.4 is 5.32 Å². The number of hydrogen-bond acceptors (Lipinski definition) is 5. The van der Waals surface area contributed by atoms with Crippen molar-refractivity contribution in [2.24, 2.45) is 0 Å². The summed E-state index contributed by atoms with van der Waals surface area (Å²) in [6.07, 6.45) is 28.5. The molecule has 0 spiro atoms. The van der Waals surface area contributed by atoms with E-state index in [2.05, 4.69) is 25.2 Å². The van der Waals surface area contributed by atoms with E-state index in [9.17, 15) is 25.2 Å². The van der Waals surface area contributed by atoms with E-state index in [-0.39, 0.29) is 12.5 Å². The molecule has 0 aromatic rings. The molecule has 40 heavy (non-hydrogen) atoms. The van der Waals surface area contributed by atoms with Gasteiger partial charge in [0.2, 0.25) is 5.91 Å². The molecule has 0 bridgehead atoms. The Hall–Kier alpha value is -1.21. The zero-order valence-electron chi connectivity index (χ0n) is 26.1. The fourth-order valence-electron chi connectivity index (χ4n) is 4.85. The summed E-state index contributed by atoms with van der Waals surface area (Å²) < 4.78 is 0. The van der Waals surface area contributed by atoms with E-state index in [0.717, 1.165) is 51.4 Å². The average Bonchev–Trinajstić information content (AvgIpc) is 2.95. The average molecular weight is 568 g/mol. The van der Waals surface area contributed by atoms with Gasteiger partial charge in [-0.3, -0.25) is 4.79 Å². The van der Waals surface area contributed by atoms with Crippen LogP contribution in [0, 0.1) is 0 Å². The first kappa shape index (κ1) is 38.8. The molecule has 0 radical (unpaired) electrons. The van der Waals surface area contributed by atoms with Gasteiger partial charge < -0.3 is 25.7 Å². The van der Waals surface area contributed by atoms with Gasteiger partial charge >= 0.3 is 0 Å². The Morgan fingerprint density at radius 3 is 1.82 bits per heavy atom. The second kappa shape index (κ2) is 29.3. The highest BCUT2D eigenvalue weighted by atomic mass is 16.3. The lowest BCUT2D eigenvalue weighted by Crippen LogP contribution is -2.45. The predicted molar refractivity (Wildman–Crippen MR) is 168 cm³/mol. The summed E-state index contributed by atoms with van der Waals surface area (Å²) in [5, 5.41) is 43.0. The Bertz CT molecular complexity index is 609. The summed E-state index contributed by atoms with van der Waals surface area (Å²) in [4.78, 5) is 12.3. The van der Waals surface area contributed by atoms with Crippen LogP contribution in [0.2, 0.25) is 0 Å². The highest BCUT2D eigenvalue weighted by molar-refractivity contribution is 5.76. The second-order valence-corrected chi connectivity index (χ2v) is 11.5. The highest BCUT2D eigenvalue weighted by Gasteiger charge is 2.18. The van der Waals surface area contributed by atoms with Gasteiger partial charge in [0.15, 0.2) is 0 Å². The molecule has 1 amide bonds. The van der Waals surface area contributed by atoms with Crippen molar-refractivity contribution in [1.82, 2.24) is 5.32 Å². The van der Waals surface area contributed by atoms with E-state index in [0.29, 0.717) is 19.3 Å². The normalized spacial score (nSPS) is 15.1. The summed E-state index contributed by atoms with van der Waals surface area (Å²) in [6.45, 7) is 4.13. The Morgan fingerprint density at radius 1 is 0.650 bits per heavy atom. The number of hydrogen-bond donors (Lipinski definition) is 5. The van der Waals surface area contributed by atoms with Gasteiger partial charge in [-0.25, -0.2) is 0 Å². The van der Waals surface area contributed by atoms with Crippen LogP contribution in [0.4, 0.5) is 0 Å². The van der Waals surface area contributed by atoms with Gasteiger partial charge in [-0.15, -0.1) is 0 Å². The zero-order valence-corrected chi connectivity index (χ0v) is 26.1. The number of carbonyl (C=O) groups excluding carboxylic acids is 1. The van der Waals surface area contributed by atoms with Crippen molar-refractivity contribution in [3.05, 3.63) is 24.3 Å². The largest absolute Gasteiger partial charge is 0.394 e. The number of allylic oxidation sites excluding steroid dienone is 2. The number of amides is 1. The molecule has 0 heterocycles. The van der Waals surface area contributed by atoms with Crippen molar-refractivity contribution in [2.75, 3.05) is 6.61 Å². The molecule has 0 saturated carbocycles. The summed E-state index contributed by atoms with van der Waals surface area (Å²) in [7, 11) is 0. The third kappa shape index (κ3) is 24.6. The molecule has 5 N–H and O–H groups in total. The van der Waals surface area contributed by atoms with Crippen molar-refractivity contribution < 1.29 is 25.2 Å². The molecule has 0 aromatic carbocycles. The van der Waals surface area contributed by atoms with Gasteiger partial charge in [0.1, 0.15) is 0 Å². The molecule has 0 unspecified atom stereocenters. The summed E-state index contributed by atoms with van der Waals surface area (Å²) in [5.74, 6) is -0.147. The quantitative estimate of drug-likeness (QED) is 0.0482. The third-order valence-corrected chi connectivity index (χ3v) is 7.63. The number of unbranched alkanes of at least 4 members (excludes halogenated alkanes) is 16. The number of nitrogens with one attached hydrogen (secondary N) is 1. The number of rotatable bonds is 29. The third-order valence-electron chi connectivity index (χ3n) is 7.63. The predicted octanol–water partition coefficient (Wildman–Crippen LogP) is 7.28. The lowest BCUT2D eigenvalue weighted by Gasteiger charge is -2.20. The van der Waals surface area contributed by atoms with Gasteiger partial charge in [0, 0.05) is 6.42 Å². The SMILES string of the molecule is CCCCC/C=C\C[C@H](O)[C@@H](O)CCCCCCCC(=O)N[C@@H](CO)[C@H](O)/C=C/CCCCCCCCCCC. The van der Waals surface area contributed by atoms with Crippen LogP contribution in [-0.2, 0) is 4.79 Å². The summed E-state index contributed by atoms with van der Waals surface area (Å²) in [6, 6.07) is -0.675. The Morgan fingerprint density at radius 2 is 1.18 bits per heavy atom. The van der Waals surface area contributed by atoms with Gasteiger partial charge in [0.05, 0.1) is 31.0 Å². The van der Waals surface area contributed by atoms with Crippen LogP contribution in [0.15, 0.2) is 24.3 Å². The molecule has 0 saturated heterocycles. The lowest BCUT2D eigenvalue weighted by atomic mass is 10.0. The first-order valence-corrected chi connectivity index (χ1v) is 16.7. The van der Waals surface area contributed by atoms with E-state index < -0.39 is 24.4 Å². The summed E-state index contributed by atoms with van der Waals surface area (Å²) in [5.41, 5.74) is 0. The molecular weight excluding hydrogens is 502 g/mol. The molecule has 0 fully saturated rings. The van der Waals surface area contributed by atoms with Crippen LogP contribution in [-0.4, -0.2) is 57.3 Å². The van der Waals surface area contributed by atoms with Crippen LogP contribution >= 0.6 is 0 Å². The lowest BCUT2D eigenvalue weighted by molar-refractivity contribution is -0.123. The fraction of sp³-hybridized carbons (Fsp3) is 0.853. The molecule has 6 nitrogen and oxygen atoms in total. The highest BCUT2D eigenvalue weighted by Crippen LogP contribution is 2.14. The maximum atomic E-state index is 12.3. The monoisotopic (exact) mass is 567 g/mol. The molecule has 0 aliphatic heterocycles. The zero-order chi connectivity index (χ0) is 29.7. The van der Waals surface area contributed by atoms with Gasteiger partial charge in [-0.05, 0) is 44.9 Å². The van der Waals surface area contributed by atoms with Crippen molar-refractivity contribution in [1.29, 1.82) is 0 Å². The van der Waals surface area contributed by atoms with Gasteiger partial charge in [-0.1, -0.05) is 128 Å². The molecule has 0 aliphatic carbocycles. The molecule has 0 rings (SSSR count). The second-order valence-electron chi connectivity index (χ2n) is 11.5. The maximum Gasteiger partial charge on any atom is 0.220 e. The van der Waals surface area contributed by atoms with E-state index in [4.69, 9.17) is 0 Å². The van der Waals surface area contributed by atoms with Crippen molar-refractivity contribution >= 4 is 5.91 Å². The maximum absolute atomic E-state index is 12.3. The van der Waals surface area contributed by atoms with E-state index in [1.54, 1.807) is 6.08 Å². The summed E-state index contributed by atoms with van der Waals surface area (Å²) >= 11 is 0. The fourth-order valence-corrected chi connectivity index (χ4v) is 4.85. The smallest absolute Gasteiger partial charge is 0.220 e. The molecular formula is C34H65NO5. The van der Waals surface area contributed by atoms with Crippen LogP contribution in [0.5, 0.6) is 0 Å². The van der Waals surface area contributed by atoms with Gasteiger partial charge in [-0.2, -0.15) is 0 Å². The first-order valence-electron chi connectivity index (χ1n) is 16.7. The molecule has 6 heteroatoms.